The standard InChI is InChI=1S/C13H14BrNO2S/c1-3-11-8-13(14)15(9-11)18(16,17)12-6-4-10(2)5-7-12/h4-9H,3H2,1-2H3. The molecule has 0 unspecified atom stereocenters. The lowest BCUT2D eigenvalue weighted by molar-refractivity contribution is 0.586. The third kappa shape index (κ3) is 2.37. The number of hydrogen-bond acceptors (Lipinski definition) is 2. The average molecular weight is 328 g/mol. The van der Waals surface area contributed by atoms with Crippen molar-refractivity contribution in [1.82, 2.24) is 3.97 Å². The van der Waals surface area contributed by atoms with E-state index in [1.54, 1.807) is 30.5 Å². The van der Waals surface area contributed by atoms with E-state index in [4.69, 9.17) is 0 Å². The topological polar surface area (TPSA) is 39.1 Å². The average Bonchev–Trinajstić information content (AvgIpc) is 2.72. The number of benzene rings is 1. The second-order valence-electron chi connectivity index (χ2n) is 4.14. The summed E-state index contributed by atoms with van der Waals surface area (Å²) in [4.78, 5) is 0.298. The van der Waals surface area contributed by atoms with Crippen molar-refractivity contribution in [2.75, 3.05) is 0 Å². The highest BCUT2D eigenvalue weighted by atomic mass is 79.9. The van der Waals surface area contributed by atoms with Gasteiger partial charge in [0.2, 0.25) is 0 Å². The predicted octanol–water partition coefficient (Wildman–Crippen LogP) is 3.36. The Kier molecular flexibility index (Phi) is 3.64. The van der Waals surface area contributed by atoms with Gasteiger partial charge in [0, 0.05) is 6.20 Å². The van der Waals surface area contributed by atoms with Crippen LogP contribution in [0.3, 0.4) is 0 Å². The molecule has 1 aromatic heterocycles. The Morgan fingerprint density at radius 3 is 2.33 bits per heavy atom. The molecule has 1 aromatic carbocycles. The monoisotopic (exact) mass is 327 g/mol. The highest BCUT2D eigenvalue weighted by Crippen LogP contribution is 2.23. The van der Waals surface area contributed by atoms with Crippen molar-refractivity contribution < 1.29 is 8.42 Å². The predicted molar refractivity (Wildman–Crippen MR) is 75.3 cm³/mol. The van der Waals surface area contributed by atoms with Crippen LogP contribution in [0.2, 0.25) is 0 Å². The Labute approximate surface area is 116 Å². The van der Waals surface area contributed by atoms with Crippen molar-refractivity contribution in [2.45, 2.75) is 25.2 Å². The quantitative estimate of drug-likeness (QED) is 0.867. The lowest BCUT2D eigenvalue weighted by atomic mass is 10.2. The zero-order valence-electron chi connectivity index (χ0n) is 10.2. The number of aromatic nitrogens is 1. The van der Waals surface area contributed by atoms with Crippen LogP contribution in [0, 0.1) is 6.92 Å². The van der Waals surface area contributed by atoms with Gasteiger partial charge < -0.3 is 0 Å². The SMILES string of the molecule is CCc1cc(Br)n(S(=O)(=O)c2ccc(C)cc2)c1. The molecule has 0 aliphatic rings. The maximum Gasteiger partial charge on any atom is 0.268 e. The van der Waals surface area contributed by atoms with E-state index in [1.165, 1.54) is 3.97 Å². The van der Waals surface area contributed by atoms with E-state index in [-0.39, 0.29) is 0 Å². The van der Waals surface area contributed by atoms with Gasteiger partial charge in [0.05, 0.1) is 4.90 Å². The van der Waals surface area contributed by atoms with E-state index < -0.39 is 10.0 Å². The molecule has 0 fully saturated rings. The van der Waals surface area contributed by atoms with Crippen LogP contribution >= 0.6 is 15.9 Å². The second-order valence-corrected chi connectivity index (χ2v) is 6.77. The summed E-state index contributed by atoms with van der Waals surface area (Å²) in [5.74, 6) is 0. The van der Waals surface area contributed by atoms with Crippen molar-refractivity contribution in [3.8, 4) is 0 Å². The molecule has 96 valence electrons. The van der Waals surface area contributed by atoms with Gasteiger partial charge in [-0.15, -0.1) is 0 Å². The van der Waals surface area contributed by atoms with E-state index >= 15 is 0 Å². The third-order valence-corrected chi connectivity index (χ3v) is 5.32. The highest BCUT2D eigenvalue weighted by molar-refractivity contribution is 9.10. The summed E-state index contributed by atoms with van der Waals surface area (Å²) < 4.78 is 26.7. The number of aryl methyl sites for hydroxylation is 2. The fourth-order valence-corrected chi connectivity index (χ4v) is 3.90. The lowest BCUT2D eigenvalue weighted by Crippen LogP contribution is -2.12. The zero-order valence-corrected chi connectivity index (χ0v) is 12.6. The summed E-state index contributed by atoms with van der Waals surface area (Å²) in [7, 11) is -3.51. The van der Waals surface area contributed by atoms with Crippen LogP contribution in [0.25, 0.3) is 0 Å². The van der Waals surface area contributed by atoms with Gasteiger partial charge in [0.15, 0.2) is 0 Å². The van der Waals surface area contributed by atoms with Crippen LogP contribution in [0.4, 0.5) is 0 Å². The van der Waals surface area contributed by atoms with Gasteiger partial charge in [-0.3, -0.25) is 0 Å². The second kappa shape index (κ2) is 4.90. The Morgan fingerprint density at radius 2 is 1.83 bits per heavy atom. The molecule has 0 spiro atoms. The van der Waals surface area contributed by atoms with Crippen molar-refractivity contribution >= 4 is 26.0 Å². The molecule has 2 rings (SSSR count). The van der Waals surface area contributed by atoms with Crippen LogP contribution in [-0.2, 0) is 16.4 Å². The molecular formula is C13H14BrNO2S. The number of halogens is 1. The summed E-state index contributed by atoms with van der Waals surface area (Å²) in [6.07, 6.45) is 2.45. The number of rotatable bonds is 3. The van der Waals surface area contributed by atoms with Gasteiger partial charge in [-0.25, -0.2) is 12.4 Å². The minimum atomic E-state index is -3.51. The van der Waals surface area contributed by atoms with Crippen LogP contribution in [-0.4, -0.2) is 12.4 Å². The molecule has 5 heteroatoms. The molecular weight excluding hydrogens is 314 g/mol. The van der Waals surface area contributed by atoms with Crippen molar-refractivity contribution in [2.24, 2.45) is 0 Å². The van der Waals surface area contributed by atoms with Crippen LogP contribution < -0.4 is 0 Å². The zero-order chi connectivity index (χ0) is 13.3. The minimum Gasteiger partial charge on any atom is -0.235 e. The van der Waals surface area contributed by atoms with E-state index in [0.29, 0.717) is 9.50 Å². The smallest absolute Gasteiger partial charge is 0.235 e. The fraction of sp³-hybridized carbons (Fsp3) is 0.231. The molecule has 0 radical (unpaired) electrons. The van der Waals surface area contributed by atoms with E-state index in [2.05, 4.69) is 15.9 Å². The van der Waals surface area contributed by atoms with E-state index in [9.17, 15) is 8.42 Å². The van der Waals surface area contributed by atoms with Crippen molar-refractivity contribution in [3.63, 3.8) is 0 Å². The maximum atomic E-state index is 12.4. The summed E-state index contributed by atoms with van der Waals surface area (Å²) in [5, 5.41) is 0. The van der Waals surface area contributed by atoms with E-state index in [1.807, 2.05) is 19.9 Å². The van der Waals surface area contributed by atoms with Gasteiger partial charge in [0.1, 0.15) is 4.60 Å². The minimum absolute atomic E-state index is 0.298. The Balaban J connectivity index is 2.54. The van der Waals surface area contributed by atoms with Crippen LogP contribution in [0.5, 0.6) is 0 Å². The summed E-state index contributed by atoms with van der Waals surface area (Å²) in [6.45, 7) is 3.92. The van der Waals surface area contributed by atoms with Gasteiger partial charge in [-0.2, -0.15) is 0 Å². The van der Waals surface area contributed by atoms with Crippen LogP contribution in [0.1, 0.15) is 18.1 Å². The van der Waals surface area contributed by atoms with Crippen molar-refractivity contribution in [1.29, 1.82) is 0 Å². The first-order valence-corrected chi connectivity index (χ1v) is 7.87. The molecule has 18 heavy (non-hydrogen) atoms. The first-order chi connectivity index (χ1) is 8.45. The first-order valence-electron chi connectivity index (χ1n) is 5.64. The molecule has 1 heterocycles. The first kappa shape index (κ1) is 13.4. The molecule has 0 aliphatic heterocycles. The van der Waals surface area contributed by atoms with Gasteiger partial charge in [-0.1, -0.05) is 24.6 Å². The van der Waals surface area contributed by atoms with Gasteiger partial charge in [0.25, 0.3) is 10.0 Å². The van der Waals surface area contributed by atoms with Gasteiger partial charge in [-0.05, 0) is 53.0 Å². The molecule has 0 N–H and O–H groups in total. The molecule has 0 saturated heterocycles. The third-order valence-electron chi connectivity index (χ3n) is 2.78. The molecule has 0 aliphatic carbocycles. The maximum absolute atomic E-state index is 12.4. The molecule has 0 bridgehead atoms. The molecule has 0 saturated carbocycles. The Bertz CT molecular complexity index is 657. The largest absolute Gasteiger partial charge is 0.268 e. The van der Waals surface area contributed by atoms with Crippen LogP contribution in [0.15, 0.2) is 46.0 Å². The number of hydrogen-bond donors (Lipinski definition) is 0. The normalized spacial score (nSPS) is 11.7. The lowest BCUT2D eigenvalue weighted by Gasteiger charge is -2.07. The fourth-order valence-electron chi connectivity index (χ4n) is 1.67. The summed E-state index contributed by atoms with van der Waals surface area (Å²) in [6, 6.07) is 8.67. The Morgan fingerprint density at radius 1 is 1.22 bits per heavy atom. The molecule has 3 nitrogen and oxygen atoms in total. The molecule has 0 atom stereocenters. The molecule has 0 amide bonds. The Hall–Kier alpha value is -1.07. The van der Waals surface area contributed by atoms with E-state index in [0.717, 1.165) is 17.5 Å². The number of nitrogens with zero attached hydrogens (tertiary/aromatic N) is 1. The van der Waals surface area contributed by atoms with Gasteiger partial charge >= 0.3 is 0 Å². The summed E-state index contributed by atoms with van der Waals surface area (Å²) >= 11 is 3.29. The summed E-state index contributed by atoms with van der Waals surface area (Å²) in [5.41, 5.74) is 2.02. The molecule has 2 aromatic rings. The van der Waals surface area contributed by atoms with Crippen molar-refractivity contribution in [3.05, 3.63) is 52.3 Å². The highest BCUT2D eigenvalue weighted by Gasteiger charge is 2.19.